The predicted molar refractivity (Wildman–Crippen MR) is 200 cm³/mol. The molecule has 52 heavy (non-hydrogen) atoms. The molecular formula is C36H35ClF2N8O3S2. The topological polar surface area (TPSA) is 157 Å². The van der Waals surface area contributed by atoms with Crippen molar-refractivity contribution in [2.24, 2.45) is 0 Å². The maximum Gasteiger partial charge on any atom is 0.319 e. The number of benzene rings is 2. The predicted octanol–water partition coefficient (Wildman–Crippen LogP) is 6.59. The van der Waals surface area contributed by atoms with Crippen molar-refractivity contribution in [1.29, 1.82) is 5.26 Å². The average Bonchev–Trinajstić information content (AvgIpc) is 3.75. The average molecular weight is 765 g/mol. The van der Waals surface area contributed by atoms with Gasteiger partial charge >= 0.3 is 6.01 Å². The van der Waals surface area contributed by atoms with Gasteiger partial charge in [-0.25, -0.2) is 13.8 Å². The Kier molecular flexibility index (Phi) is 8.84. The van der Waals surface area contributed by atoms with Crippen LogP contribution in [-0.4, -0.2) is 74.0 Å². The Morgan fingerprint density at radius 1 is 1.23 bits per heavy atom. The molecule has 0 bridgehead atoms. The standard InChI is InChI=1S/C36H35ClF2N8O3S2/c1-18(20-5-3-11-43-32(20)41)46-13-14-49-30-26-29(28(39)25(27(30)37)21-6-7-23(38)31-24(21)22(15-40)33(42)51-31)44-35(45-34(26)46)50-17-36-9-4-12-47(36)19(8-10-36)16-52(2)48/h3,5-7,11,18-19H,4,8-10,12-14,16-17,42H2,1-2H3,(H2,41,43)/t18-,19+,36+,52?/m1/s1. The number of anilines is 3. The number of ether oxygens (including phenoxy) is 2. The fourth-order valence-electron chi connectivity index (χ4n) is 8.33. The summed E-state index contributed by atoms with van der Waals surface area (Å²) in [5.41, 5.74) is 12.9. The van der Waals surface area contributed by atoms with Gasteiger partial charge in [0.1, 0.15) is 47.3 Å². The fraction of sp³-hybridized carbons (Fsp3) is 0.389. The molecule has 2 saturated heterocycles. The molecule has 0 spiro atoms. The monoisotopic (exact) mass is 764 g/mol. The Hall–Kier alpha value is -4.36. The van der Waals surface area contributed by atoms with Crippen molar-refractivity contribution in [3.63, 3.8) is 0 Å². The zero-order chi connectivity index (χ0) is 36.5. The summed E-state index contributed by atoms with van der Waals surface area (Å²) < 4.78 is 57.5. The van der Waals surface area contributed by atoms with Crippen LogP contribution in [0.4, 0.5) is 25.4 Å². The smallest absolute Gasteiger partial charge is 0.319 e. The van der Waals surface area contributed by atoms with Gasteiger partial charge in [0.25, 0.3) is 0 Å². The lowest BCUT2D eigenvalue weighted by Crippen LogP contribution is -2.48. The van der Waals surface area contributed by atoms with E-state index in [9.17, 15) is 9.47 Å². The van der Waals surface area contributed by atoms with E-state index >= 15 is 8.78 Å². The van der Waals surface area contributed by atoms with Crippen LogP contribution in [0.25, 0.3) is 32.1 Å². The molecule has 6 heterocycles. The molecule has 3 aromatic heterocycles. The molecule has 11 nitrogen and oxygen atoms in total. The number of nitrogens with zero attached hydrogens (tertiary/aromatic N) is 6. The fourth-order valence-corrected chi connectivity index (χ4v) is 10.5. The van der Waals surface area contributed by atoms with Crippen LogP contribution in [0.3, 0.4) is 0 Å². The van der Waals surface area contributed by atoms with Crippen LogP contribution >= 0.6 is 22.9 Å². The minimum Gasteiger partial charge on any atom is -0.489 e. The summed E-state index contributed by atoms with van der Waals surface area (Å²) in [5.74, 6) is 0.0146. The second-order valence-corrected chi connectivity index (χ2v) is 16.5. The number of nitriles is 1. The molecule has 1 unspecified atom stereocenters. The van der Waals surface area contributed by atoms with Crippen molar-refractivity contribution in [1.82, 2.24) is 19.9 Å². The third-order valence-electron chi connectivity index (χ3n) is 10.7. The lowest BCUT2D eigenvalue weighted by atomic mass is 9.95. The van der Waals surface area contributed by atoms with Crippen LogP contribution in [-0.2, 0) is 10.8 Å². The molecule has 3 aliphatic heterocycles. The van der Waals surface area contributed by atoms with Crippen LogP contribution < -0.4 is 25.8 Å². The van der Waals surface area contributed by atoms with Crippen LogP contribution in [0.2, 0.25) is 5.02 Å². The molecule has 270 valence electrons. The molecule has 5 aromatic rings. The Balaban J connectivity index is 1.32. The van der Waals surface area contributed by atoms with E-state index in [4.69, 9.17) is 37.5 Å². The first-order valence-electron chi connectivity index (χ1n) is 17.0. The normalized spacial score (nSPS) is 21.2. The molecule has 2 aromatic carbocycles. The molecule has 8 rings (SSSR count). The van der Waals surface area contributed by atoms with E-state index in [1.165, 1.54) is 12.1 Å². The Morgan fingerprint density at radius 2 is 2.06 bits per heavy atom. The van der Waals surface area contributed by atoms with E-state index in [0.717, 1.165) is 49.1 Å². The molecule has 0 saturated carbocycles. The lowest BCUT2D eigenvalue weighted by Gasteiger charge is -2.34. The minimum atomic E-state index is -0.936. The number of rotatable bonds is 8. The Labute approximate surface area is 309 Å². The molecule has 2 fully saturated rings. The summed E-state index contributed by atoms with van der Waals surface area (Å²) in [6.07, 6.45) is 7.01. The van der Waals surface area contributed by atoms with Gasteiger partial charge in [0.05, 0.1) is 38.8 Å². The summed E-state index contributed by atoms with van der Waals surface area (Å²) >= 11 is 7.99. The molecule has 0 amide bonds. The summed E-state index contributed by atoms with van der Waals surface area (Å²) in [4.78, 5) is 18.2. The van der Waals surface area contributed by atoms with Gasteiger partial charge in [-0.1, -0.05) is 23.7 Å². The van der Waals surface area contributed by atoms with Gasteiger partial charge in [-0.05, 0) is 56.8 Å². The molecule has 16 heteroatoms. The maximum atomic E-state index is 17.4. The molecule has 3 aliphatic rings. The van der Waals surface area contributed by atoms with E-state index in [1.807, 2.05) is 24.0 Å². The number of aromatic nitrogens is 3. The quantitative estimate of drug-likeness (QED) is 0.176. The number of hydrogen-bond donors (Lipinski definition) is 2. The van der Waals surface area contributed by atoms with Crippen LogP contribution in [0.1, 0.15) is 49.8 Å². The SMILES string of the molecule is C[C@H](c1cccnc1N)N1CCOc2c(Cl)c(-c3ccc(F)c4sc(N)c(C#N)c34)c(F)c3nc(OC[C@@]45CCCN4[C@H](CS(C)=O)CC5)nc1c23. The van der Waals surface area contributed by atoms with E-state index in [-0.39, 0.29) is 90.3 Å². The van der Waals surface area contributed by atoms with Gasteiger partial charge in [-0.15, -0.1) is 11.3 Å². The number of fused-ring (bicyclic) bond motifs is 2. The van der Waals surface area contributed by atoms with Gasteiger partial charge in [-0.3, -0.25) is 9.11 Å². The second-order valence-electron chi connectivity index (χ2n) is 13.6. The van der Waals surface area contributed by atoms with E-state index < -0.39 is 22.4 Å². The van der Waals surface area contributed by atoms with Gasteiger partial charge in [-0.2, -0.15) is 15.2 Å². The summed E-state index contributed by atoms with van der Waals surface area (Å²) in [6, 6.07) is 8.08. The van der Waals surface area contributed by atoms with Gasteiger partial charge < -0.3 is 25.8 Å². The highest BCUT2D eigenvalue weighted by Crippen LogP contribution is 2.51. The second kappa shape index (κ2) is 13.2. The first-order chi connectivity index (χ1) is 25.0. The van der Waals surface area contributed by atoms with E-state index in [2.05, 4.69) is 14.9 Å². The molecular weight excluding hydrogens is 730 g/mol. The first-order valence-corrected chi connectivity index (χ1v) is 19.9. The van der Waals surface area contributed by atoms with Crippen molar-refractivity contribution in [2.45, 2.75) is 50.2 Å². The number of nitrogen functional groups attached to an aromatic ring is 2. The zero-order valence-corrected chi connectivity index (χ0v) is 30.8. The Bertz CT molecular complexity index is 2340. The summed E-state index contributed by atoms with van der Waals surface area (Å²) in [5, 5.41) is 10.4. The molecule has 4 N–H and O–H groups in total. The van der Waals surface area contributed by atoms with Gasteiger partial charge in [0, 0.05) is 51.6 Å². The highest BCUT2D eigenvalue weighted by Gasteiger charge is 2.50. The Morgan fingerprint density at radius 3 is 2.83 bits per heavy atom. The highest BCUT2D eigenvalue weighted by molar-refractivity contribution is 7.84. The molecule has 4 atom stereocenters. The van der Waals surface area contributed by atoms with Crippen molar-refractivity contribution < 1.29 is 22.5 Å². The first kappa shape index (κ1) is 34.7. The van der Waals surface area contributed by atoms with Crippen LogP contribution in [0, 0.1) is 23.0 Å². The third kappa shape index (κ3) is 5.50. The van der Waals surface area contributed by atoms with Crippen molar-refractivity contribution in [3.8, 4) is 29.0 Å². The van der Waals surface area contributed by atoms with Gasteiger partial charge in [0.15, 0.2) is 11.6 Å². The number of nitrogens with two attached hydrogens (primary N) is 2. The van der Waals surface area contributed by atoms with Crippen LogP contribution in [0.15, 0.2) is 30.5 Å². The summed E-state index contributed by atoms with van der Waals surface area (Å²) in [6.45, 7) is 3.55. The van der Waals surface area contributed by atoms with E-state index in [1.54, 1.807) is 18.5 Å². The summed E-state index contributed by atoms with van der Waals surface area (Å²) in [7, 11) is -0.936. The number of thiophene rings is 1. The van der Waals surface area contributed by atoms with Crippen molar-refractivity contribution in [2.75, 3.05) is 54.7 Å². The highest BCUT2D eigenvalue weighted by atomic mass is 35.5. The number of halogens is 3. The van der Waals surface area contributed by atoms with Crippen molar-refractivity contribution in [3.05, 3.63) is 58.2 Å². The van der Waals surface area contributed by atoms with E-state index in [0.29, 0.717) is 23.9 Å². The molecule has 0 aliphatic carbocycles. The molecule has 0 radical (unpaired) electrons. The number of hydrogen-bond acceptors (Lipinski definition) is 12. The number of pyridine rings is 1. The zero-order valence-electron chi connectivity index (χ0n) is 28.4. The largest absolute Gasteiger partial charge is 0.489 e. The van der Waals surface area contributed by atoms with Crippen LogP contribution in [0.5, 0.6) is 11.8 Å². The van der Waals surface area contributed by atoms with Crippen molar-refractivity contribution >= 4 is 71.4 Å². The third-order valence-corrected chi connectivity index (χ3v) is 13.0. The minimum absolute atomic E-state index is 0.0282. The lowest BCUT2D eigenvalue weighted by molar-refractivity contribution is 0.0897. The maximum absolute atomic E-state index is 17.4. The van der Waals surface area contributed by atoms with Gasteiger partial charge in [0.2, 0.25) is 0 Å².